The first-order valence-corrected chi connectivity index (χ1v) is 17.0. The molecule has 1 aromatic carbocycles. The van der Waals surface area contributed by atoms with Gasteiger partial charge in [-0.1, -0.05) is 173 Å². The molecule has 2 nitrogen and oxygen atoms in total. The molecule has 0 amide bonds. The molecule has 0 saturated heterocycles. The summed E-state index contributed by atoms with van der Waals surface area (Å²) in [5, 5.41) is 0. The molecular formula is C36H63N2+. The Kier molecular flexibility index (Phi) is 20.0. The van der Waals surface area contributed by atoms with Gasteiger partial charge in [-0.05, 0) is 25.0 Å². The zero-order valence-electron chi connectivity index (χ0n) is 25.5. The van der Waals surface area contributed by atoms with Gasteiger partial charge in [-0.15, -0.1) is 0 Å². The molecule has 2 rings (SSSR count). The average molecular weight is 524 g/mol. The van der Waals surface area contributed by atoms with Crippen molar-refractivity contribution in [2.45, 2.75) is 174 Å². The second-order valence-corrected chi connectivity index (χ2v) is 11.9. The first-order chi connectivity index (χ1) is 18.9. The van der Waals surface area contributed by atoms with Gasteiger partial charge in [0.1, 0.15) is 18.1 Å². The van der Waals surface area contributed by atoms with Gasteiger partial charge in [0.05, 0.1) is 5.92 Å². The summed E-state index contributed by atoms with van der Waals surface area (Å²) < 4.78 is 2.40. The van der Waals surface area contributed by atoms with Gasteiger partial charge < -0.3 is 0 Å². The van der Waals surface area contributed by atoms with Crippen LogP contribution in [0.5, 0.6) is 0 Å². The van der Waals surface area contributed by atoms with Crippen molar-refractivity contribution in [3.05, 3.63) is 48.5 Å². The van der Waals surface area contributed by atoms with Crippen molar-refractivity contribution in [3.8, 4) is 5.69 Å². The highest BCUT2D eigenvalue weighted by Crippen LogP contribution is 2.27. The van der Waals surface area contributed by atoms with Gasteiger partial charge in [-0.3, -0.25) is 0 Å². The van der Waals surface area contributed by atoms with E-state index >= 15 is 0 Å². The largest absolute Gasteiger partial charge is 0.262 e. The van der Waals surface area contributed by atoms with Crippen LogP contribution in [-0.2, 0) is 0 Å². The van der Waals surface area contributed by atoms with Gasteiger partial charge in [0.2, 0.25) is 0 Å². The Bertz CT molecular complexity index is 750. The second kappa shape index (κ2) is 23.3. The molecule has 2 heteroatoms. The minimum atomic E-state index is 0.641. The Hall–Kier alpha value is -1.57. The Morgan fingerprint density at radius 2 is 0.921 bits per heavy atom. The highest BCUT2D eigenvalue weighted by atomic mass is 15.1. The fourth-order valence-electron chi connectivity index (χ4n) is 6.00. The zero-order chi connectivity index (χ0) is 26.9. The fraction of sp³-hybridized carbons (Fsp3) is 0.750. The summed E-state index contributed by atoms with van der Waals surface area (Å²) in [6.45, 7) is 4.61. The highest BCUT2D eigenvalue weighted by molar-refractivity contribution is 5.22. The highest BCUT2D eigenvalue weighted by Gasteiger charge is 2.23. The summed E-state index contributed by atoms with van der Waals surface area (Å²) in [5.41, 5.74) is 1.28. The smallest absolute Gasteiger partial charge is 0.247 e. The van der Waals surface area contributed by atoms with E-state index in [4.69, 9.17) is 0 Å². The molecule has 2 aromatic rings. The van der Waals surface area contributed by atoms with Crippen molar-refractivity contribution in [2.24, 2.45) is 0 Å². The predicted octanol–water partition coefficient (Wildman–Crippen LogP) is 11.8. The van der Waals surface area contributed by atoms with Crippen molar-refractivity contribution in [1.82, 2.24) is 4.98 Å². The van der Waals surface area contributed by atoms with E-state index in [1.807, 2.05) is 0 Å². The van der Waals surface area contributed by atoms with Crippen LogP contribution in [-0.4, -0.2) is 4.98 Å². The Morgan fingerprint density at radius 1 is 0.526 bits per heavy atom. The lowest BCUT2D eigenvalue weighted by Gasteiger charge is -2.14. The lowest BCUT2D eigenvalue weighted by Crippen LogP contribution is -2.34. The van der Waals surface area contributed by atoms with Crippen LogP contribution < -0.4 is 4.57 Å². The molecule has 1 aromatic heterocycles. The number of hydrogen-bond acceptors (Lipinski definition) is 0. The molecule has 216 valence electrons. The molecular weight excluding hydrogens is 460 g/mol. The third kappa shape index (κ3) is 15.1. The number of hydrogen-bond donors (Lipinski definition) is 1. The van der Waals surface area contributed by atoms with Crippen LogP contribution >= 0.6 is 0 Å². The van der Waals surface area contributed by atoms with E-state index in [1.54, 1.807) is 0 Å². The first kappa shape index (κ1) is 32.6. The van der Waals surface area contributed by atoms with Crippen LogP contribution in [0.1, 0.15) is 180 Å². The van der Waals surface area contributed by atoms with Crippen molar-refractivity contribution in [1.29, 1.82) is 0 Å². The van der Waals surface area contributed by atoms with Crippen molar-refractivity contribution in [2.75, 3.05) is 0 Å². The number of H-pyrrole nitrogens is 1. The van der Waals surface area contributed by atoms with Crippen LogP contribution in [0.2, 0.25) is 0 Å². The summed E-state index contributed by atoms with van der Waals surface area (Å²) in [4.78, 5) is 3.64. The van der Waals surface area contributed by atoms with Crippen molar-refractivity contribution >= 4 is 0 Å². The topological polar surface area (TPSA) is 19.7 Å². The van der Waals surface area contributed by atoms with Crippen LogP contribution in [0.3, 0.4) is 0 Å². The molecule has 0 saturated carbocycles. The number of rotatable bonds is 26. The zero-order valence-corrected chi connectivity index (χ0v) is 25.5. The van der Waals surface area contributed by atoms with E-state index in [1.165, 1.54) is 166 Å². The minimum Gasteiger partial charge on any atom is -0.247 e. The van der Waals surface area contributed by atoms with E-state index in [0.717, 1.165) is 0 Å². The molecule has 1 N–H and O–H groups in total. The molecule has 38 heavy (non-hydrogen) atoms. The van der Waals surface area contributed by atoms with Gasteiger partial charge in [0.15, 0.2) is 0 Å². The number of benzene rings is 1. The maximum absolute atomic E-state index is 3.64. The molecule has 0 aliphatic rings. The van der Waals surface area contributed by atoms with Gasteiger partial charge >= 0.3 is 0 Å². The van der Waals surface area contributed by atoms with Crippen LogP contribution in [0.4, 0.5) is 0 Å². The lowest BCUT2D eigenvalue weighted by molar-refractivity contribution is -0.604. The van der Waals surface area contributed by atoms with Gasteiger partial charge in [-0.25, -0.2) is 4.98 Å². The van der Waals surface area contributed by atoms with E-state index in [2.05, 4.69) is 66.1 Å². The summed E-state index contributed by atoms with van der Waals surface area (Å²) in [6, 6.07) is 10.9. The maximum Gasteiger partial charge on any atom is 0.262 e. The quantitative estimate of drug-likeness (QED) is 0.0934. The number of para-hydroxylation sites is 1. The number of nitrogens with one attached hydrogen (secondary N) is 1. The Morgan fingerprint density at radius 3 is 1.34 bits per heavy atom. The van der Waals surface area contributed by atoms with Crippen LogP contribution in [0, 0.1) is 0 Å². The summed E-state index contributed by atoms with van der Waals surface area (Å²) in [7, 11) is 0. The number of aromatic nitrogens is 2. The number of nitrogens with zero attached hydrogens (tertiary/aromatic N) is 1. The van der Waals surface area contributed by atoms with Gasteiger partial charge in [-0.2, -0.15) is 4.57 Å². The van der Waals surface area contributed by atoms with E-state index in [-0.39, 0.29) is 0 Å². The Balaban J connectivity index is 1.66. The minimum absolute atomic E-state index is 0.641. The average Bonchev–Trinajstić information content (AvgIpc) is 3.44. The molecule has 0 radical (unpaired) electrons. The first-order valence-electron chi connectivity index (χ1n) is 17.0. The Labute approximate surface area is 237 Å². The lowest BCUT2D eigenvalue weighted by atomic mass is 9.93. The van der Waals surface area contributed by atoms with Crippen LogP contribution in [0.25, 0.3) is 5.69 Å². The third-order valence-electron chi connectivity index (χ3n) is 8.45. The normalized spacial score (nSPS) is 12.3. The molecule has 0 aliphatic carbocycles. The maximum atomic E-state index is 3.64. The summed E-state index contributed by atoms with van der Waals surface area (Å²) in [6.07, 6.45) is 38.3. The van der Waals surface area contributed by atoms with Crippen molar-refractivity contribution < 1.29 is 4.57 Å². The number of imidazole rings is 1. The SMILES string of the molecule is CCCCCCCCCCCCCCCC[C@H](CCCCCCCCCC)c1[nH]cc[n+]1-c1ccccc1. The standard InChI is InChI=1S/C36H62N2/c1-3-5-7-9-11-13-14-15-16-17-18-20-22-25-29-34(28-24-21-19-12-10-8-6-4-2)36-37-32-33-38(36)35-30-26-23-27-31-35/h23,26-27,30-34H,3-22,24-25,28-29H2,1-2H3/p+1/t34-/m0/s1. The number of aromatic amines is 1. The molecule has 0 unspecified atom stereocenters. The van der Waals surface area contributed by atoms with E-state index in [0.29, 0.717) is 5.92 Å². The molecule has 1 heterocycles. The third-order valence-corrected chi connectivity index (χ3v) is 8.45. The van der Waals surface area contributed by atoms with E-state index < -0.39 is 0 Å². The monoisotopic (exact) mass is 523 g/mol. The van der Waals surface area contributed by atoms with E-state index in [9.17, 15) is 0 Å². The van der Waals surface area contributed by atoms with Crippen LogP contribution in [0.15, 0.2) is 42.7 Å². The fourth-order valence-corrected chi connectivity index (χ4v) is 6.00. The second-order valence-electron chi connectivity index (χ2n) is 11.9. The summed E-state index contributed by atoms with van der Waals surface area (Å²) >= 11 is 0. The van der Waals surface area contributed by atoms with Gasteiger partial charge in [0.25, 0.3) is 5.82 Å². The molecule has 0 fully saturated rings. The van der Waals surface area contributed by atoms with Crippen molar-refractivity contribution in [3.63, 3.8) is 0 Å². The van der Waals surface area contributed by atoms with Gasteiger partial charge in [0, 0.05) is 0 Å². The molecule has 0 spiro atoms. The number of unbranched alkanes of at least 4 members (excludes halogenated alkanes) is 20. The molecule has 1 atom stereocenters. The summed E-state index contributed by atoms with van der Waals surface area (Å²) in [5.74, 6) is 2.05. The molecule has 0 bridgehead atoms. The molecule has 0 aliphatic heterocycles. The predicted molar refractivity (Wildman–Crippen MR) is 167 cm³/mol.